The van der Waals surface area contributed by atoms with Crippen molar-refractivity contribution in [1.29, 1.82) is 0 Å². The second kappa shape index (κ2) is 5.89. The molecule has 1 aliphatic heterocycles. The van der Waals surface area contributed by atoms with E-state index in [0.717, 1.165) is 23.3 Å². The van der Waals surface area contributed by atoms with E-state index in [-0.39, 0.29) is 11.5 Å². The number of carbonyl (C=O) groups is 2. The van der Waals surface area contributed by atoms with Crippen molar-refractivity contribution < 1.29 is 19.4 Å². The van der Waals surface area contributed by atoms with Crippen molar-refractivity contribution in [3.63, 3.8) is 0 Å². The Morgan fingerprint density at radius 3 is 2.55 bits per heavy atom. The molecule has 1 heterocycles. The van der Waals surface area contributed by atoms with Crippen LogP contribution in [0.5, 0.6) is 5.75 Å². The minimum Gasteiger partial charge on any atom is -0.493 e. The van der Waals surface area contributed by atoms with Gasteiger partial charge >= 0.3 is 5.97 Å². The minimum absolute atomic E-state index is 0.156. The number of aromatic carboxylic acids is 1. The van der Waals surface area contributed by atoms with Crippen molar-refractivity contribution in [2.24, 2.45) is 0 Å². The fraction of sp³-hybridized carbons (Fsp3) is 0.176. The van der Waals surface area contributed by atoms with Crippen LogP contribution in [0.25, 0.3) is 0 Å². The van der Waals surface area contributed by atoms with Gasteiger partial charge in [0, 0.05) is 18.5 Å². The molecule has 0 fully saturated rings. The zero-order valence-electron chi connectivity index (χ0n) is 11.8. The molecule has 1 amide bonds. The smallest absolute Gasteiger partial charge is 0.335 e. The number of carboxylic acid groups (broad SMARTS) is 1. The Balaban J connectivity index is 1.63. The third-order valence-electron chi connectivity index (χ3n) is 3.61. The van der Waals surface area contributed by atoms with E-state index < -0.39 is 5.97 Å². The van der Waals surface area contributed by atoms with E-state index in [2.05, 4.69) is 5.32 Å². The zero-order chi connectivity index (χ0) is 15.5. The van der Waals surface area contributed by atoms with E-state index in [1.165, 1.54) is 12.1 Å². The summed E-state index contributed by atoms with van der Waals surface area (Å²) in [7, 11) is 0. The second-order valence-corrected chi connectivity index (χ2v) is 5.11. The van der Waals surface area contributed by atoms with Crippen LogP contribution in [0, 0.1) is 0 Å². The van der Waals surface area contributed by atoms with Crippen molar-refractivity contribution >= 4 is 11.9 Å². The molecule has 0 saturated carbocycles. The Bertz CT molecular complexity index is 722. The molecular formula is C17H15NO4. The van der Waals surface area contributed by atoms with E-state index in [1.54, 1.807) is 18.2 Å². The highest BCUT2D eigenvalue weighted by Crippen LogP contribution is 2.25. The van der Waals surface area contributed by atoms with E-state index in [4.69, 9.17) is 9.84 Å². The lowest BCUT2D eigenvalue weighted by molar-refractivity contribution is 0.0696. The molecule has 5 nitrogen and oxygen atoms in total. The molecule has 5 heteroatoms. The average Bonchev–Trinajstić information content (AvgIpc) is 3.00. The summed E-state index contributed by atoms with van der Waals surface area (Å²) in [5, 5.41) is 11.7. The summed E-state index contributed by atoms with van der Waals surface area (Å²) in [5.74, 6) is -0.270. The third-order valence-corrected chi connectivity index (χ3v) is 3.61. The number of benzene rings is 2. The normalized spacial score (nSPS) is 12.4. The van der Waals surface area contributed by atoms with Crippen LogP contribution in [-0.2, 0) is 13.0 Å². The van der Waals surface area contributed by atoms with Crippen LogP contribution in [0.4, 0.5) is 0 Å². The summed E-state index contributed by atoms with van der Waals surface area (Å²) < 4.78 is 5.41. The number of rotatable bonds is 4. The molecule has 0 spiro atoms. The van der Waals surface area contributed by atoms with Gasteiger partial charge in [-0.2, -0.15) is 0 Å². The van der Waals surface area contributed by atoms with Gasteiger partial charge in [0.2, 0.25) is 0 Å². The number of amides is 1. The van der Waals surface area contributed by atoms with Gasteiger partial charge in [-0.25, -0.2) is 4.79 Å². The second-order valence-electron chi connectivity index (χ2n) is 5.11. The Kier molecular flexibility index (Phi) is 3.78. The average molecular weight is 297 g/mol. The van der Waals surface area contributed by atoms with E-state index >= 15 is 0 Å². The van der Waals surface area contributed by atoms with Gasteiger partial charge in [-0.15, -0.1) is 0 Å². The number of carboxylic acids is 1. The minimum atomic E-state index is -0.962. The topological polar surface area (TPSA) is 75.6 Å². The quantitative estimate of drug-likeness (QED) is 0.907. The Labute approximate surface area is 127 Å². The predicted molar refractivity (Wildman–Crippen MR) is 80.2 cm³/mol. The van der Waals surface area contributed by atoms with Gasteiger partial charge in [-0.05, 0) is 41.5 Å². The highest BCUT2D eigenvalue weighted by atomic mass is 16.5. The third kappa shape index (κ3) is 2.93. The van der Waals surface area contributed by atoms with Crippen molar-refractivity contribution in [3.05, 3.63) is 64.7 Å². The largest absolute Gasteiger partial charge is 0.493 e. The first-order valence-electron chi connectivity index (χ1n) is 6.99. The Morgan fingerprint density at radius 1 is 1.09 bits per heavy atom. The van der Waals surface area contributed by atoms with Crippen molar-refractivity contribution in [2.45, 2.75) is 13.0 Å². The molecule has 0 unspecified atom stereocenters. The highest BCUT2D eigenvalue weighted by Gasteiger charge is 2.14. The van der Waals surface area contributed by atoms with Gasteiger partial charge < -0.3 is 15.2 Å². The highest BCUT2D eigenvalue weighted by molar-refractivity contribution is 5.94. The maximum Gasteiger partial charge on any atom is 0.335 e. The molecule has 0 saturated heterocycles. The van der Waals surface area contributed by atoms with Crippen molar-refractivity contribution in [2.75, 3.05) is 6.61 Å². The van der Waals surface area contributed by atoms with Crippen molar-refractivity contribution in [3.8, 4) is 5.75 Å². The van der Waals surface area contributed by atoms with Gasteiger partial charge in [-0.3, -0.25) is 4.79 Å². The Hall–Kier alpha value is -2.82. The number of hydrogen-bond donors (Lipinski definition) is 2. The maximum atomic E-state index is 12.1. The fourth-order valence-electron chi connectivity index (χ4n) is 2.38. The van der Waals surface area contributed by atoms with E-state index in [9.17, 15) is 9.59 Å². The van der Waals surface area contributed by atoms with Gasteiger partial charge in [0.25, 0.3) is 5.91 Å². The van der Waals surface area contributed by atoms with Crippen LogP contribution in [0.3, 0.4) is 0 Å². The first kappa shape index (κ1) is 14.1. The molecule has 0 aliphatic carbocycles. The molecule has 1 aliphatic rings. The molecule has 0 aromatic heterocycles. The lowest BCUT2D eigenvalue weighted by Crippen LogP contribution is -2.22. The first-order chi connectivity index (χ1) is 10.6. The summed E-state index contributed by atoms with van der Waals surface area (Å²) >= 11 is 0. The summed E-state index contributed by atoms with van der Waals surface area (Å²) in [6, 6.07) is 11.9. The fourth-order valence-corrected chi connectivity index (χ4v) is 2.38. The standard InChI is InChI=1S/C17H15NO4/c19-16(14-5-6-15-13(9-14)7-8-22-15)18-10-11-1-3-12(4-2-11)17(20)21/h1-6,9H,7-8,10H2,(H,18,19)(H,20,21). The summed E-state index contributed by atoms with van der Waals surface area (Å²) in [5.41, 5.74) is 2.74. The molecule has 0 radical (unpaired) electrons. The van der Waals surface area contributed by atoms with Gasteiger partial charge in [0.05, 0.1) is 12.2 Å². The molecular weight excluding hydrogens is 282 g/mol. The molecule has 2 N–H and O–H groups in total. The monoisotopic (exact) mass is 297 g/mol. The molecule has 2 aromatic rings. The number of carbonyl (C=O) groups excluding carboxylic acids is 1. The number of ether oxygens (including phenoxy) is 1. The van der Waals surface area contributed by atoms with Crippen LogP contribution < -0.4 is 10.1 Å². The van der Waals surface area contributed by atoms with Crippen LogP contribution in [0.1, 0.15) is 31.8 Å². The van der Waals surface area contributed by atoms with Crippen LogP contribution >= 0.6 is 0 Å². The maximum absolute atomic E-state index is 12.1. The molecule has 22 heavy (non-hydrogen) atoms. The molecule has 112 valence electrons. The SMILES string of the molecule is O=C(O)c1ccc(CNC(=O)c2ccc3c(c2)CCO3)cc1. The van der Waals surface area contributed by atoms with Crippen molar-refractivity contribution in [1.82, 2.24) is 5.32 Å². The molecule has 0 bridgehead atoms. The number of nitrogens with one attached hydrogen (secondary N) is 1. The van der Waals surface area contributed by atoms with Crippen LogP contribution in [-0.4, -0.2) is 23.6 Å². The lowest BCUT2D eigenvalue weighted by Gasteiger charge is -2.07. The summed E-state index contributed by atoms with van der Waals surface area (Å²) in [4.78, 5) is 22.9. The first-order valence-corrected chi connectivity index (χ1v) is 6.99. The summed E-state index contributed by atoms with van der Waals surface area (Å²) in [6.45, 7) is 1.02. The lowest BCUT2D eigenvalue weighted by atomic mass is 10.1. The van der Waals surface area contributed by atoms with Gasteiger partial charge in [-0.1, -0.05) is 12.1 Å². The van der Waals surface area contributed by atoms with E-state index in [0.29, 0.717) is 18.7 Å². The Morgan fingerprint density at radius 2 is 1.82 bits per heavy atom. The molecule has 2 aromatic carbocycles. The van der Waals surface area contributed by atoms with Gasteiger partial charge in [0.1, 0.15) is 5.75 Å². The van der Waals surface area contributed by atoms with Crippen LogP contribution in [0.15, 0.2) is 42.5 Å². The molecule has 0 atom stereocenters. The van der Waals surface area contributed by atoms with Gasteiger partial charge in [0.15, 0.2) is 0 Å². The predicted octanol–water partition coefficient (Wildman–Crippen LogP) is 2.25. The number of fused-ring (bicyclic) bond motifs is 1. The van der Waals surface area contributed by atoms with Crippen LogP contribution in [0.2, 0.25) is 0 Å². The zero-order valence-corrected chi connectivity index (χ0v) is 11.8. The molecule has 3 rings (SSSR count). The summed E-state index contributed by atoms with van der Waals surface area (Å²) in [6.07, 6.45) is 0.826. The van der Waals surface area contributed by atoms with E-state index in [1.807, 2.05) is 12.1 Å². The number of hydrogen-bond acceptors (Lipinski definition) is 3.